The maximum Gasteiger partial charge on any atom is 1.00 e. The van der Waals surface area contributed by atoms with E-state index >= 15 is 0 Å². The van der Waals surface area contributed by atoms with E-state index in [0.29, 0.717) is 0 Å². The average Bonchev–Trinajstić information content (AvgIpc) is 2.24. The Hall–Kier alpha value is -0.606. The molecule has 0 heterocycles. The van der Waals surface area contributed by atoms with Crippen molar-refractivity contribution in [2.24, 2.45) is 0 Å². The number of allylic oxidation sites excluding steroid dienone is 8. The minimum Gasteiger partial charge on any atom is -0.418 e. The van der Waals surface area contributed by atoms with Crippen molar-refractivity contribution in [3.8, 4) is 0 Å². The normalized spacial score (nSPS) is 17.3. The van der Waals surface area contributed by atoms with Crippen LogP contribution < -0.4 is 0 Å². The van der Waals surface area contributed by atoms with Gasteiger partial charge in [0, 0.05) is 0 Å². The molecule has 22 heavy (non-hydrogen) atoms. The first-order valence-corrected chi connectivity index (χ1v) is 7.47. The molecule has 0 aromatic heterocycles. The summed E-state index contributed by atoms with van der Waals surface area (Å²) in [6.45, 7) is 0. The van der Waals surface area contributed by atoms with E-state index in [9.17, 15) is 17.3 Å². The van der Waals surface area contributed by atoms with Crippen molar-refractivity contribution in [2.75, 3.05) is 0 Å². The zero-order chi connectivity index (χ0) is 15.8. The van der Waals surface area contributed by atoms with Crippen molar-refractivity contribution < 1.29 is 37.4 Å². The van der Waals surface area contributed by atoms with Gasteiger partial charge >= 0.3 is 27.4 Å². The van der Waals surface area contributed by atoms with E-state index in [4.69, 9.17) is 0 Å². The van der Waals surface area contributed by atoms with Crippen LogP contribution in [-0.4, -0.2) is 7.25 Å². The van der Waals surface area contributed by atoms with Crippen LogP contribution in [0.25, 0.3) is 0 Å². The molecule has 0 radical (unpaired) electrons. The van der Waals surface area contributed by atoms with E-state index < -0.39 is 7.25 Å². The van der Waals surface area contributed by atoms with Gasteiger partial charge in [-0.25, -0.2) is 0 Å². The number of hydrogen-bond acceptors (Lipinski definition) is 0. The molecular weight excluding hydrogens is 471 g/mol. The minimum absolute atomic E-state index is 0. The van der Waals surface area contributed by atoms with Gasteiger partial charge in [0.05, 0.1) is 0 Å². The Morgan fingerprint density at radius 3 is 0.591 bits per heavy atom. The van der Waals surface area contributed by atoms with Gasteiger partial charge < -0.3 is 17.3 Å². The molecule has 0 bridgehead atoms. The molecular formula is C16H24BF4Ir. The van der Waals surface area contributed by atoms with E-state index in [1.54, 1.807) is 0 Å². The summed E-state index contributed by atoms with van der Waals surface area (Å²) >= 11 is 0. The van der Waals surface area contributed by atoms with Gasteiger partial charge in [-0.2, -0.15) is 0 Å². The van der Waals surface area contributed by atoms with E-state index in [1.807, 2.05) is 0 Å². The molecule has 0 aromatic carbocycles. The molecule has 0 unspecified atom stereocenters. The summed E-state index contributed by atoms with van der Waals surface area (Å²) in [5.74, 6) is 0. The van der Waals surface area contributed by atoms with E-state index in [1.165, 1.54) is 51.4 Å². The first-order valence-electron chi connectivity index (χ1n) is 7.47. The largest absolute Gasteiger partial charge is 1.00 e. The van der Waals surface area contributed by atoms with Crippen molar-refractivity contribution in [3.05, 3.63) is 48.6 Å². The van der Waals surface area contributed by atoms with Crippen molar-refractivity contribution >= 4 is 7.25 Å². The molecule has 0 aliphatic heterocycles. The monoisotopic (exact) mass is 496 g/mol. The van der Waals surface area contributed by atoms with Crippen molar-refractivity contribution in [1.29, 1.82) is 0 Å². The van der Waals surface area contributed by atoms with Crippen LogP contribution in [0.5, 0.6) is 0 Å². The summed E-state index contributed by atoms with van der Waals surface area (Å²) in [6.07, 6.45) is 28.0. The molecule has 128 valence electrons. The molecule has 2 aliphatic rings. The maximum atomic E-state index is 9.75. The van der Waals surface area contributed by atoms with Crippen LogP contribution in [0.15, 0.2) is 48.6 Å². The molecule has 0 aromatic rings. The Morgan fingerprint density at radius 2 is 0.500 bits per heavy atom. The van der Waals surface area contributed by atoms with Crippen LogP contribution in [0.3, 0.4) is 0 Å². The Labute approximate surface area is 144 Å². The molecule has 6 heteroatoms. The second-order valence-corrected chi connectivity index (χ2v) is 4.69. The van der Waals surface area contributed by atoms with E-state index in [2.05, 4.69) is 48.6 Å². The Kier molecular flexibility index (Phi) is 18.0. The van der Waals surface area contributed by atoms with Gasteiger partial charge in [0.15, 0.2) is 0 Å². The quantitative estimate of drug-likeness (QED) is 0.201. The fourth-order valence-corrected chi connectivity index (χ4v) is 1.71. The zero-order valence-electron chi connectivity index (χ0n) is 12.7. The Balaban J connectivity index is 0. The number of halogens is 4. The summed E-state index contributed by atoms with van der Waals surface area (Å²) in [4.78, 5) is 0. The summed E-state index contributed by atoms with van der Waals surface area (Å²) in [5, 5.41) is 0. The molecule has 0 nitrogen and oxygen atoms in total. The Morgan fingerprint density at radius 1 is 0.409 bits per heavy atom. The summed E-state index contributed by atoms with van der Waals surface area (Å²) in [6, 6.07) is 0. The van der Waals surface area contributed by atoms with Gasteiger partial charge in [-0.15, -0.1) is 0 Å². The molecule has 0 amide bonds. The summed E-state index contributed by atoms with van der Waals surface area (Å²) < 4.78 is 39.0. The summed E-state index contributed by atoms with van der Waals surface area (Å²) in [7, 11) is -6.00. The smallest absolute Gasteiger partial charge is 0.418 e. The molecule has 0 atom stereocenters. The maximum absolute atomic E-state index is 9.75. The summed E-state index contributed by atoms with van der Waals surface area (Å²) in [5.41, 5.74) is 0. The van der Waals surface area contributed by atoms with Crippen molar-refractivity contribution in [3.63, 3.8) is 0 Å². The SMILES string of the molecule is C1=CCCC=CCC1.C1=CCCC=CCC1.F[B-](F)(F)F.[Ir+]. The van der Waals surface area contributed by atoms with Gasteiger partial charge in [0.25, 0.3) is 0 Å². The van der Waals surface area contributed by atoms with Crippen LogP contribution in [0, 0.1) is 0 Å². The van der Waals surface area contributed by atoms with Crippen molar-refractivity contribution in [1.82, 2.24) is 0 Å². The van der Waals surface area contributed by atoms with Gasteiger partial charge in [0.2, 0.25) is 0 Å². The van der Waals surface area contributed by atoms with Gasteiger partial charge in [-0.05, 0) is 51.4 Å². The van der Waals surface area contributed by atoms with Crippen LogP contribution in [0.4, 0.5) is 17.3 Å². The van der Waals surface area contributed by atoms with Crippen LogP contribution >= 0.6 is 0 Å². The second-order valence-electron chi connectivity index (χ2n) is 4.69. The van der Waals surface area contributed by atoms with Gasteiger partial charge in [0.1, 0.15) is 0 Å². The third-order valence-electron chi connectivity index (χ3n) is 2.67. The van der Waals surface area contributed by atoms with Crippen LogP contribution in [0.1, 0.15) is 51.4 Å². The van der Waals surface area contributed by atoms with E-state index in [0.717, 1.165) is 0 Å². The molecule has 0 saturated heterocycles. The molecule has 2 rings (SSSR count). The fraction of sp³-hybridized carbons (Fsp3) is 0.500. The third-order valence-corrected chi connectivity index (χ3v) is 2.67. The van der Waals surface area contributed by atoms with Gasteiger partial charge in [-0.3, -0.25) is 0 Å². The molecule has 0 fully saturated rings. The third kappa shape index (κ3) is 27.7. The number of hydrogen-bond donors (Lipinski definition) is 0. The predicted octanol–water partition coefficient (Wildman–Crippen LogP) is 6.64. The molecule has 2 aliphatic carbocycles. The molecule has 0 spiro atoms. The molecule has 0 N–H and O–H groups in total. The fourth-order valence-electron chi connectivity index (χ4n) is 1.71. The predicted molar refractivity (Wildman–Crippen MR) is 83.7 cm³/mol. The van der Waals surface area contributed by atoms with Crippen molar-refractivity contribution in [2.45, 2.75) is 51.4 Å². The number of rotatable bonds is 0. The van der Waals surface area contributed by atoms with E-state index in [-0.39, 0.29) is 20.1 Å². The van der Waals surface area contributed by atoms with Crippen LogP contribution in [-0.2, 0) is 20.1 Å². The Bertz CT molecular complexity index is 261. The first kappa shape index (κ1) is 23.7. The standard InChI is InChI=1S/2C8H12.BF4.Ir/c2*1-2-4-6-8-7-5-3-1;2-1(3,4)5;/h2*1-2,7-8H,3-6H2;;/q;;-1;+1. The zero-order valence-corrected chi connectivity index (χ0v) is 15.1. The second kappa shape index (κ2) is 16.8. The average molecular weight is 495 g/mol. The minimum atomic E-state index is -6.00. The topological polar surface area (TPSA) is 0 Å². The molecule has 0 saturated carbocycles. The van der Waals surface area contributed by atoms with Gasteiger partial charge in [-0.1, -0.05) is 48.6 Å². The first-order chi connectivity index (χ1) is 10.0. The van der Waals surface area contributed by atoms with Crippen LogP contribution in [0.2, 0.25) is 0 Å².